The van der Waals surface area contributed by atoms with Crippen molar-refractivity contribution in [1.82, 2.24) is 5.32 Å². The first-order valence-electron chi connectivity index (χ1n) is 6.98. The minimum atomic E-state index is 0.327. The first-order valence-corrected chi connectivity index (χ1v) is 6.98. The van der Waals surface area contributed by atoms with E-state index in [0.29, 0.717) is 30.6 Å². The average molecular weight is 263 g/mol. The van der Waals surface area contributed by atoms with E-state index in [2.05, 4.69) is 50.5 Å². The lowest BCUT2D eigenvalue weighted by atomic mass is 9.56. The van der Waals surface area contributed by atoms with E-state index >= 15 is 0 Å². The van der Waals surface area contributed by atoms with Crippen LogP contribution in [0.1, 0.15) is 31.7 Å². The van der Waals surface area contributed by atoms with Gasteiger partial charge in [-0.05, 0) is 42.5 Å². The molecule has 2 unspecified atom stereocenters. The van der Waals surface area contributed by atoms with E-state index in [0.717, 1.165) is 5.75 Å². The molecule has 0 aliphatic heterocycles. The van der Waals surface area contributed by atoms with Crippen molar-refractivity contribution in [3.8, 4) is 5.75 Å². The van der Waals surface area contributed by atoms with E-state index in [-0.39, 0.29) is 0 Å². The number of hydrogen-bond acceptors (Lipinski definition) is 3. The van der Waals surface area contributed by atoms with Crippen LogP contribution in [0.3, 0.4) is 0 Å². The van der Waals surface area contributed by atoms with Crippen LogP contribution in [0.5, 0.6) is 5.75 Å². The molecular weight excluding hydrogens is 238 g/mol. The van der Waals surface area contributed by atoms with E-state index in [1.807, 2.05) is 0 Å². The summed E-state index contributed by atoms with van der Waals surface area (Å²) in [4.78, 5) is 0. The third kappa shape index (κ3) is 2.93. The number of hydrogen-bond donors (Lipinski definition) is 1. The molecule has 2 rings (SSSR count). The summed E-state index contributed by atoms with van der Waals surface area (Å²) >= 11 is 0. The van der Waals surface area contributed by atoms with Gasteiger partial charge >= 0.3 is 0 Å². The minimum absolute atomic E-state index is 0.327. The molecule has 106 valence electrons. The van der Waals surface area contributed by atoms with Crippen molar-refractivity contribution >= 4 is 0 Å². The Labute approximate surface area is 116 Å². The highest BCUT2D eigenvalue weighted by Gasteiger charge is 2.47. The Bertz CT molecular complexity index is 400. The molecule has 0 amide bonds. The van der Waals surface area contributed by atoms with E-state index in [1.54, 1.807) is 7.11 Å². The van der Waals surface area contributed by atoms with Gasteiger partial charge in [-0.15, -0.1) is 0 Å². The lowest BCUT2D eigenvalue weighted by molar-refractivity contribution is 0.0751. The summed E-state index contributed by atoms with van der Waals surface area (Å²) < 4.78 is 10.6. The second-order valence-electron chi connectivity index (χ2n) is 5.86. The van der Waals surface area contributed by atoms with Gasteiger partial charge < -0.3 is 14.8 Å². The van der Waals surface area contributed by atoms with E-state index in [9.17, 15) is 0 Å². The van der Waals surface area contributed by atoms with Crippen molar-refractivity contribution < 1.29 is 9.47 Å². The topological polar surface area (TPSA) is 30.5 Å². The summed E-state index contributed by atoms with van der Waals surface area (Å²) in [5.74, 6) is 1.56. The van der Waals surface area contributed by atoms with Crippen LogP contribution in [0, 0.1) is 5.41 Å². The van der Waals surface area contributed by atoms with Gasteiger partial charge in [0.25, 0.3) is 0 Å². The lowest BCUT2D eigenvalue weighted by Crippen LogP contribution is -2.54. The third-order valence-electron chi connectivity index (χ3n) is 4.45. The molecule has 1 aliphatic rings. The maximum atomic E-state index is 5.59. The molecule has 0 saturated heterocycles. The largest absolute Gasteiger partial charge is 0.491 e. The summed E-state index contributed by atoms with van der Waals surface area (Å²) in [6.45, 7) is 5.91. The summed E-state index contributed by atoms with van der Waals surface area (Å²) in [6, 6.07) is 9.14. The standard InChI is InChI=1S/C16H25NO2/c1-16(2)14(11-15(16)17-3)12-5-7-13(8-6-12)19-10-9-18-4/h5-8,14-15,17H,9-11H2,1-4H3. The highest BCUT2D eigenvalue weighted by atomic mass is 16.5. The molecule has 1 aliphatic carbocycles. The summed E-state index contributed by atoms with van der Waals surface area (Å²) in [5.41, 5.74) is 1.74. The van der Waals surface area contributed by atoms with Crippen molar-refractivity contribution in [2.45, 2.75) is 32.2 Å². The van der Waals surface area contributed by atoms with Gasteiger partial charge in [-0.25, -0.2) is 0 Å². The molecule has 1 N–H and O–H groups in total. The third-order valence-corrected chi connectivity index (χ3v) is 4.45. The lowest BCUT2D eigenvalue weighted by Gasteiger charge is -2.52. The SMILES string of the molecule is CNC1CC(c2ccc(OCCOC)cc2)C1(C)C. The molecule has 2 atom stereocenters. The van der Waals surface area contributed by atoms with Gasteiger partial charge in [-0.2, -0.15) is 0 Å². The zero-order valence-corrected chi connectivity index (χ0v) is 12.4. The molecule has 0 heterocycles. The number of rotatable bonds is 6. The number of benzene rings is 1. The maximum absolute atomic E-state index is 5.59. The van der Waals surface area contributed by atoms with Gasteiger partial charge in [0.05, 0.1) is 6.61 Å². The highest BCUT2D eigenvalue weighted by molar-refractivity contribution is 5.33. The van der Waals surface area contributed by atoms with Crippen molar-refractivity contribution in [3.63, 3.8) is 0 Å². The second-order valence-corrected chi connectivity index (χ2v) is 5.86. The number of methoxy groups -OCH3 is 1. The van der Waals surface area contributed by atoms with Gasteiger partial charge in [0.1, 0.15) is 12.4 Å². The van der Waals surface area contributed by atoms with Crippen LogP contribution >= 0.6 is 0 Å². The van der Waals surface area contributed by atoms with Crippen LogP contribution < -0.4 is 10.1 Å². The zero-order chi connectivity index (χ0) is 13.9. The summed E-state index contributed by atoms with van der Waals surface area (Å²) in [5, 5.41) is 3.40. The van der Waals surface area contributed by atoms with E-state index < -0.39 is 0 Å². The fourth-order valence-corrected chi connectivity index (χ4v) is 3.02. The van der Waals surface area contributed by atoms with Crippen molar-refractivity contribution in [1.29, 1.82) is 0 Å². The molecule has 3 heteroatoms. The Morgan fingerprint density at radius 1 is 1.21 bits per heavy atom. The fraction of sp³-hybridized carbons (Fsp3) is 0.625. The molecule has 1 aromatic carbocycles. The average Bonchev–Trinajstić information content (AvgIpc) is 2.40. The summed E-state index contributed by atoms with van der Waals surface area (Å²) in [7, 11) is 3.73. The molecule has 1 saturated carbocycles. The zero-order valence-electron chi connectivity index (χ0n) is 12.4. The molecule has 0 aromatic heterocycles. The van der Waals surface area contributed by atoms with Gasteiger partial charge in [0.2, 0.25) is 0 Å². The van der Waals surface area contributed by atoms with Crippen LogP contribution in [0.4, 0.5) is 0 Å². The first kappa shape index (κ1) is 14.4. The smallest absolute Gasteiger partial charge is 0.119 e. The molecule has 19 heavy (non-hydrogen) atoms. The maximum Gasteiger partial charge on any atom is 0.119 e. The molecule has 1 fully saturated rings. The van der Waals surface area contributed by atoms with Crippen LogP contribution in [0.2, 0.25) is 0 Å². The van der Waals surface area contributed by atoms with Crippen molar-refractivity contribution in [3.05, 3.63) is 29.8 Å². The van der Waals surface area contributed by atoms with Gasteiger partial charge in [-0.3, -0.25) is 0 Å². The second kappa shape index (κ2) is 5.93. The van der Waals surface area contributed by atoms with E-state index in [4.69, 9.17) is 9.47 Å². The molecule has 1 aromatic rings. The molecular formula is C16H25NO2. The van der Waals surface area contributed by atoms with Crippen molar-refractivity contribution in [2.75, 3.05) is 27.4 Å². The molecule has 0 bridgehead atoms. The predicted molar refractivity (Wildman–Crippen MR) is 77.8 cm³/mol. The Balaban J connectivity index is 1.96. The molecule has 0 spiro atoms. The van der Waals surface area contributed by atoms with Gasteiger partial charge in [0.15, 0.2) is 0 Å². The van der Waals surface area contributed by atoms with Crippen LogP contribution in [-0.2, 0) is 4.74 Å². The molecule has 0 radical (unpaired) electrons. The van der Waals surface area contributed by atoms with Crippen LogP contribution in [0.25, 0.3) is 0 Å². The van der Waals surface area contributed by atoms with Gasteiger partial charge in [0, 0.05) is 13.2 Å². The Morgan fingerprint density at radius 3 is 2.42 bits per heavy atom. The van der Waals surface area contributed by atoms with E-state index in [1.165, 1.54) is 12.0 Å². The Morgan fingerprint density at radius 2 is 1.89 bits per heavy atom. The Kier molecular flexibility index (Phi) is 4.48. The number of nitrogens with one attached hydrogen (secondary N) is 1. The molecule has 3 nitrogen and oxygen atoms in total. The Hall–Kier alpha value is -1.06. The summed E-state index contributed by atoms with van der Waals surface area (Å²) in [6.07, 6.45) is 1.22. The minimum Gasteiger partial charge on any atom is -0.491 e. The van der Waals surface area contributed by atoms with Gasteiger partial charge in [-0.1, -0.05) is 26.0 Å². The fourth-order valence-electron chi connectivity index (χ4n) is 3.02. The number of ether oxygens (including phenoxy) is 2. The van der Waals surface area contributed by atoms with Crippen LogP contribution in [0.15, 0.2) is 24.3 Å². The highest BCUT2D eigenvalue weighted by Crippen LogP contribution is 2.52. The first-order chi connectivity index (χ1) is 9.09. The normalized spacial score (nSPS) is 24.8. The monoisotopic (exact) mass is 263 g/mol. The predicted octanol–water partition coefficient (Wildman–Crippen LogP) is 2.81. The van der Waals surface area contributed by atoms with Crippen LogP contribution in [-0.4, -0.2) is 33.4 Å². The quantitative estimate of drug-likeness (QED) is 0.801. The van der Waals surface area contributed by atoms with Crippen molar-refractivity contribution in [2.24, 2.45) is 5.41 Å².